The van der Waals surface area contributed by atoms with Gasteiger partial charge in [0, 0.05) is 18.3 Å². The van der Waals surface area contributed by atoms with Gasteiger partial charge in [0.1, 0.15) is 6.33 Å². The summed E-state index contributed by atoms with van der Waals surface area (Å²) in [5.74, 6) is -0.873. The van der Waals surface area contributed by atoms with Crippen LogP contribution >= 0.6 is 0 Å². The summed E-state index contributed by atoms with van der Waals surface area (Å²) in [6, 6.07) is 9.45. The van der Waals surface area contributed by atoms with Gasteiger partial charge in [-0.1, -0.05) is 0 Å². The highest BCUT2D eigenvalue weighted by Crippen LogP contribution is 2.24. The second-order valence-electron chi connectivity index (χ2n) is 6.53. The van der Waals surface area contributed by atoms with Gasteiger partial charge in [-0.3, -0.25) is 14.3 Å². The molecule has 3 rings (SSSR count). The second-order valence-corrected chi connectivity index (χ2v) is 8.27. The van der Waals surface area contributed by atoms with Gasteiger partial charge in [-0.05, 0) is 59.3 Å². The van der Waals surface area contributed by atoms with E-state index in [2.05, 4.69) is 30.9 Å². The minimum atomic E-state index is -3.62. The molecule has 0 atom stereocenters. The van der Waals surface area contributed by atoms with Crippen LogP contribution in [0.25, 0.3) is 5.69 Å². The highest BCUT2D eigenvalue weighted by atomic mass is 32.2. The predicted molar refractivity (Wildman–Crippen MR) is 111 cm³/mol. The molecule has 12 heteroatoms. The number of carbonyl (C=O) groups excluding carboxylic acids is 2. The lowest BCUT2D eigenvalue weighted by atomic mass is 10.1. The lowest BCUT2D eigenvalue weighted by Crippen LogP contribution is -2.18. The molecule has 0 aliphatic heterocycles. The predicted octanol–water partition coefficient (Wildman–Crippen LogP) is 1.55. The quantitative estimate of drug-likeness (QED) is 0.538. The van der Waals surface area contributed by atoms with Crippen LogP contribution in [0, 0.1) is 6.92 Å². The van der Waals surface area contributed by atoms with E-state index in [0.717, 1.165) is 17.5 Å². The number of tetrazole rings is 1. The van der Waals surface area contributed by atoms with Crippen LogP contribution in [0.1, 0.15) is 22.8 Å². The fourth-order valence-corrected chi connectivity index (χ4v) is 3.34. The summed E-state index contributed by atoms with van der Waals surface area (Å²) in [5, 5.41) is 16.3. The first-order valence-corrected chi connectivity index (χ1v) is 10.6. The number of amides is 2. The molecular weight excluding hydrogens is 410 g/mol. The molecule has 0 saturated heterocycles. The molecule has 0 aliphatic carbocycles. The van der Waals surface area contributed by atoms with E-state index in [4.69, 9.17) is 0 Å². The fourth-order valence-electron chi connectivity index (χ4n) is 2.76. The standard InChI is InChI=1S/C18H19N7O4S/c1-11-8-13(5-7-17(11)25-10-19-23-24-25)21-18(27)15-9-14(20-12(2)26)4-6-16(15)22-30(3,28)29/h4-10,22H,1-3H3,(H,20,26)(H,21,27). The zero-order chi connectivity index (χ0) is 21.9. The van der Waals surface area contributed by atoms with Gasteiger partial charge in [0.25, 0.3) is 5.91 Å². The summed E-state index contributed by atoms with van der Waals surface area (Å²) in [7, 11) is -3.62. The largest absolute Gasteiger partial charge is 0.326 e. The van der Waals surface area contributed by atoms with Crippen molar-refractivity contribution in [2.75, 3.05) is 21.6 Å². The molecule has 3 aromatic rings. The molecule has 0 radical (unpaired) electrons. The van der Waals surface area contributed by atoms with Crippen LogP contribution in [-0.4, -0.2) is 46.7 Å². The number of nitrogens with one attached hydrogen (secondary N) is 3. The normalized spacial score (nSPS) is 11.0. The number of benzene rings is 2. The molecule has 1 aromatic heterocycles. The Kier molecular flexibility index (Phi) is 5.78. The molecule has 2 aromatic carbocycles. The number of rotatable bonds is 6. The van der Waals surface area contributed by atoms with Gasteiger partial charge >= 0.3 is 0 Å². The van der Waals surface area contributed by atoms with Crippen LogP contribution < -0.4 is 15.4 Å². The first-order chi connectivity index (χ1) is 14.1. The molecule has 0 spiro atoms. The van der Waals surface area contributed by atoms with Crippen molar-refractivity contribution in [2.24, 2.45) is 0 Å². The average Bonchev–Trinajstić information content (AvgIpc) is 3.15. The molecule has 0 saturated carbocycles. The van der Waals surface area contributed by atoms with E-state index in [1.165, 1.54) is 36.1 Å². The van der Waals surface area contributed by atoms with Crippen LogP contribution in [0.15, 0.2) is 42.7 Å². The Balaban J connectivity index is 1.91. The van der Waals surface area contributed by atoms with Crippen LogP contribution in [0.5, 0.6) is 0 Å². The Bertz CT molecular complexity index is 1210. The van der Waals surface area contributed by atoms with Gasteiger partial charge in [0.05, 0.1) is 23.2 Å². The Morgan fingerprint density at radius 3 is 2.33 bits per heavy atom. The lowest BCUT2D eigenvalue weighted by Gasteiger charge is -2.14. The van der Waals surface area contributed by atoms with Gasteiger partial charge in [-0.2, -0.15) is 0 Å². The van der Waals surface area contributed by atoms with Crippen LogP contribution in [0.4, 0.5) is 17.1 Å². The van der Waals surface area contributed by atoms with Crippen molar-refractivity contribution < 1.29 is 18.0 Å². The van der Waals surface area contributed by atoms with E-state index in [0.29, 0.717) is 11.4 Å². The van der Waals surface area contributed by atoms with Gasteiger partial charge in [0.15, 0.2) is 0 Å². The summed E-state index contributed by atoms with van der Waals surface area (Å²) in [6.07, 6.45) is 2.44. The van der Waals surface area contributed by atoms with Gasteiger partial charge in [0.2, 0.25) is 15.9 Å². The molecule has 2 amide bonds. The maximum Gasteiger partial charge on any atom is 0.257 e. The van der Waals surface area contributed by atoms with Gasteiger partial charge in [-0.15, -0.1) is 5.10 Å². The first kappa shape index (κ1) is 20.9. The Morgan fingerprint density at radius 2 is 1.73 bits per heavy atom. The summed E-state index contributed by atoms with van der Waals surface area (Å²) < 4.78 is 27.1. The zero-order valence-corrected chi connectivity index (χ0v) is 17.2. The number of anilines is 3. The van der Waals surface area contributed by atoms with Crippen molar-refractivity contribution in [3.8, 4) is 5.69 Å². The summed E-state index contributed by atoms with van der Waals surface area (Å²) in [6.45, 7) is 3.16. The van der Waals surface area contributed by atoms with E-state index in [-0.39, 0.29) is 17.2 Å². The number of aromatic nitrogens is 4. The number of carbonyl (C=O) groups is 2. The van der Waals surface area contributed by atoms with E-state index in [9.17, 15) is 18.0 Å². The van der Waals surface area contributed by atoms with Crippen LogP contribution in [-0.2, 0) is 14.8 Å². The minimum Gasteiger partial charge on any atom is -0.326 e. The molecule has 11 nitrogen and oxygen atoms in total. The highest BCUT2D eigenvalue weighted by molar-refractivity contribution is 7.92. The maximum atomic E-state index is 12.9. The molecule has 0 bridgehead atoms. The van der Waals surface area contributed by atoms with E-state index in [1.807, 2.05) is 6.92 Å². The number of hydrogen-bond acceptors (Lipinski definition) is 7. The van der Waals surface area contributed by atoms with E-state index >= 15 is 0 Å². The number of nitrogens with zero attached hydrogens (tertiary/aromatic N) is 4. The van der Waals surface area contributed by atoms with Crippen molar-refractivity contribution in [1.82, 2.24) is 20.2 Å². The number of aryl methyl sites for hydroxylation is 1. The van der Waals surface area contributed by atoms with Crippen molar-refractivity contribution in [2.45, 2.75) is 13.8 Å². The number of hydrogen-bond donors (Lipinski definition) is 3. The minimum absolute atomic E-state index is 0.0499. The Morgan fingerprint density at radius 1 is 1.03 bits per heavy atom. The van der Waals surface area contributed by atoms with Crippen molar-refractivity contribution >= 4 is 38.9 Å². The van der Waals surface area contributed by atoms with Gasteiger partial charge < -0.3 is 10.6 Å². The van der Waals surface area contributed by atoms with Gasteiger partial charge in [-0.25, -0.2) is 13.1 Å². The van der Waals surface area contributed by atoms with Crippen LogP contribution in [0.3, 0.4) is 0 Å². The molecule has 1 heterocycles. The third-order valence-electron chi connectivity index (χ3n) is 3.93. The van der Waals surface area contributed by atoms with E-state index < -0.39 is 15.9 Å². The smallest absolute Gasteiger partial charge is 0.257 e. The Labute approximate surface area is 172 Å². The zero-order valence-electron chi connectivity index (χ0n) is 16.4. The third-order valence-corrected chi connectivity index (χ3v) is 4.52. The lowest BCUT2D eigenvalue weighted by molar-refractivity contribution is -0.114. The molecule has 3 N–H and O–H groups in total. The average molecular weight is 429 g/mol. The van der Waals surface area contributed by atoms with E-state index in [1.54, 1.807) is 18.2 Å². The molecule has 156 valence electrons. The molecule has 30 heavy (non-hydrogen) atoms. The molecule has 0 unspecified atom stereocenters. The second kappa shape index (κ2) is 8.29. The van der Waals surface area contributed by atoms with Crippen molar-refractivity contribution in [1.29, 1.82) is 0 Å². The van der Waals surface area contributed by atoms with Crippen LogP contribution in [0.2, 0.25) is 0 Å². The number of sulfonamides is 1. The summed E-state index contributed by atoms with van der Waals surface area (Å²) in [5.41, 5.74) is 2.54. The fraction of sp³-hybridized carbons (Fsp3) is 0.167. The maximum absolute atomic E-state index is 12.9. The monoisotopic (exact) mass is 429 g/mol. The SMILES string of the molecule is CC(=O)Nc1ccc(NS(C)(=O)=O)c(C(=O)Nc2ccc(-n3cnnn3)c(C)c2)c1. The van der Waals surface area contributed by atoms with Crippen molar-refractivity contribution in [3.63, 3.8) is 0 Å². The summed E-state index contributed by atoms with van der Waals surface area (Å²) >= 11 is 0. The molecule has 0 fully saturated rings. The topological polar surface area (TPSA) is 148 Å². The molecular formula is C18H19N7O4S. The van der Waals surface area contributed by atoms with Crippen molar-refractivity contribution in [3.05, 3.63) is 53.9 Å². The molecule has 0 aliphatic rings. The summed E-state index contributed by atoms with van der Waals surface area (Å²) in [4.78, 5) is 24.2. The first-order valence-electron chi connectivity index (χ1n) is 8.67. The Hall–Kier alpha value is -3.80. The third kappa shape index (κ3) is 5.17. The highest BCUT2D eigenvalue weighted by Gasteiger charge is 2.16.